The van der Waals surface area contributed by atoms with Crippen LogP contribution in [0.4, 0.5) is 5.13 Å². The van der Waals surface area contributed by atoms with Crippen LogP contribution in [0.2, 0.25) is 0 Å². The van der Waals surface area contributed by atoms with Crippen molar-refractivity contribution in [2.75, 3.05) is 32.0 Å². The molecular weight excluding hydrogens is 274 g/mol. The second-order valence-electron chi connectivity index (χ2n) is 5.90. The molecule has 1 aromatic rings. The van der Waals surface area contributed by atoms with Crippen LogP contribution in [0.25, 0.3) is 0 Å². The average Bonchev–Trinajstić information content (AvgIpc) is 3.04. The van der Waals surface area contributed by atoms with Crippen molar-refractivity contribution in [2.24, 2.45) is 5.41 Å². The summed E-state index contributed by atoms with van der Waals surface area (Å²) in [6.45, 7) is 3.35. The van der Waals surface area contributed by atoms with Crippen LogP contribution in [-0.4, -0.2) is 42.1 Å². The van der Waals surface area contributed by atoms with Gasteiger partial charge in [0, 0.05) is 36.9 Å². The number of amides is 1. The van der Waals surface area contributed by atoms with Crippen molar-refractivity contribution in [1.29, 1.82) is 0 Å². The van der Waals surface area contributed by atoms with E-state index in [1.165, 1.54) is 11.3 Å². The molecule has 110 valence electrons. The summed E-state index contributed by atoms with van der Waals surface area (Å²) in [7, 11) is 0. The summed E-state index contributed by atoms with van der Waals surface area (Å²) in [5.41, 5.74) is 6.90. The number of carbonyl (C=O) groups is 1. The number of anilines is 1. The highest BCUT2D eigenvalue weighted by atomic mass is 32.1. The number of rotatable bonds is 4. The van der Waals surface area contributed by atoms with Crippen LogP contribution < -0.4 is 5.73 Å². The standard InChI is InChI=1S/C14H21N3O2S/c15-13-16-11(8-20-13)2-1-6-17-9-14(4-3-12(17)18)5-7-19-10-14/h8H,1-7,9-10H2,(H2,15,16)/t14-/m1/s1. The van der Waals surface area contributed by atoms with Crippen molar-refractivity contribution in [2.45, 2.75) is 32.1 Å². The maximum Gasteiger partial charge on any atom is 0.222 e. The van der Waals surface area contributed by atoms with Gasteiger partial charge in [0.1, 0.15) is 0 Å². The zero-order valence-electron chi connectivity index (χ0n) is 11.6. The number of hydrogen-bond acceptors (Lipinski definition) is 5. The summed E-state index contributed by atoms with van der Waals surface area (Å²) >= 11 is 1.48. The van der Waals surface area contributed by atoms with Crippen LogP contribution >= 0.6 is 11.3 Å². The molecule has 0 saturated carbocycles. The van der Waals surface area contributed by atoms with Gasteiger partial charge in [-0.05, 0) is 25.7 Å². The highest BCUT2D eigenvalue weighted by molar-refractivity contribution is 7.13. The SMILES string of the molecule is Nc1nc(CCCN2C[C@]3(CCOC3)CCC2=O)cs1. The minimum Gasteiger partial charge on any atom is -0.381 e. The predicted molar refractivity (Wildman–Crippen MR) is 78.5 cm³/mol. The molecule has 3 heterocycles. The van der Waals surface area contributed by atoms with Gasteiger partial charge in [-0.3, -0.25) is 4.79 Å². The van der Waals surface area contributed by atoms with E-state index < -0.39 is 0 Å². The van der Waals surface area contributed by atoms with Crippen LogP contribution in [-0.2, 0) is 16.0 Å². The fourth-order valence-corrected chi connectivity index (χ4v) is 3.76. The number of nitrogens with two attached hydrogens (primary N) is 1. The van der Waals surface area contributed by atoms with Gasteiger partial charge in [0.15, 0.2) is 5.13 Å². The molecule has 2 aliphatic rings. The summed E-state index contributed by atoms with van der Waals surface area (Å²) in [6, 6.07) is 0. The lowest BCUT2D eigenvalue weighted by Crippen LogP contribution is -2.47. The van der Waals surface area contributed by atoms with Crippen molar-refractivity contribution in [3.63, 3.8) is 0 Å². The summed E-state index contributed by atoms with van der Waals surface area (Å²) in [6.07, 6.45) is 4.60. The monoisotopic (exact) mass is 295 g/mol. The van der Waals surface area contributed by atoms with Crippen LogP contribution in [0.1, 0.15) is 31.4 Å². The summed E-state index contributed by atoms with van der Waals surface area (Å²) in [4.78, 5) is 18.3. The van der Waals surface area contributed by atoms with E-state index in [-0.39, 0.29) is 5.41 Å². The highest BCUT2D eigenvalue weighted by Crippen LogP contribution is 2.38. The molecule has 2 saturated heterocycles. The Bertz CT molecular complexity index is 483. The Kier molecular flexibility index (Phi) is 3.94. The van der Waals surface area contributed by atoms with E-state index >= 15 is 0 Å². The number of thiazole rings is 1. The minimum absolute atomic E-state index is 0.235. The van der Waals surface area contributed by atoms with Gasteiger partial charge in [-0.1, -0.05) is 0 Å². The number of likely N-dealkylation sites (tertiary alicyclic amines) is 1. The van der Waals surface area contributed by atoms with Crippen LogP contribution in [0, 0.1) is 5.41 Å². The smallest absolute Gasteiger partial charge is 0.222 e. The van der Waals surface area contributed by atoms with Crippen molar-refractivity contribution >= 4 is 22.4 Å². The van der Waals surface area contributed by atoms with Gasteiger partial charge in [0.25, 0.3) is 0 Å². The summed E-state index contributed by atoms with van der Waals surface area (Å²) in [5, 5.41) is 2.62. The number of nitrogens with zero attached hydrogens (tertiary/aromatic N) is 2. The normalized spacial score (nSPS) is 26.6. The number of nitrogen functional groups attached to an aromatic ring is 1. The lowest BCUT2D eigenvalue weighted by molar-refractivity contribution is -0.137. The molecule has 1 atom stereocenters. The molecule has 0 radical (unpaired) electrons. The zero-order valence-corrected chi connectivity index (χ0v) is 12.5. The molecule has 0 unspecified atom stereocenters. The summed E-state index contributed by atoms with van der Waals surface area (Å²) < 4.78 is 5.54. The van der Waals surface area contributed by atoms with E-state index in [2.05, 4.69) is 4.98 Å². The van der Waals surface area contributed by atoms with Crippen LogP contribution in [0.15, 0.2) is 5.38 Å². The molecule has 0 aliphatic carbocycles. The Morgan fingerprint density at radius 3 is 3.10 bits per heavy atom. The Hall–Kier alpha value is -1.14. The first kappa shape index (κ1) is 13.8. The first-order valence-corrected chi connectivity index (χ1v) is 8.10. The van der Waals surface area contributed by atoms with Crippen molar-refractivity contribution in [3.8, 4) is 0 Å². The summed E-state index contributed by atoms with van der Waals surface area (Å²) in [5.74, 6) is 0.292. The van der Waals surface area contributed by atoms with Crippen LogP contribution in [0.3, 0.4) is 0 Å². The predicted octanol–water partition coefficient (Wildman–Crippen LogP) is 1.69. The third-order valence-corrected chi connectivity index (χ3v) is 5.09. The minimum atomic E-state index is 0.235. The maximum atomic E-state index is 12.0. The lowest BCUT2D eigenvalue weighted by atomic mass is 9.79. The first-order chi connectivity index (χ1) is 9.67. The van der Waals surface area contributed by atoms with E-state index in [9.17, 15) is 4.79 Å². The van der Waals surface area contributed by atoms with E-state index in [1.54, 1.807) is 0 Å². The average molecular weight is 295 g/mol. The molecule has 20 heavy (non-hydrogen) atoms. The molecule has 1 amide bonds. The topological polar surface area (TPSA) is 68.4 Å². The van der Waals surface area contributed by atoms with Gasteiger partial charge in [0.2, 0.25) is 5.91 Å². The van der Waals surface area contributed by atoms with E-state index in [0.29, 0.717) is 17.5 Å². The molecule has 3 rings (SSSR count). The Balaban J connectivity index is 1.51. The number of piperidine rings is 1. The van der Waals surface area contributed by atoms with Gasteiger partial charge in [-0.25, -0.2) is 4.98 Å². The highest BCUT2D eigenvalue weighted by Gasteiger charge is 2.41. The molecule has 1 spiro atoms. The Morgan fingerprint density at radius 2 is 2.40 bits per heavy atom. The van der Waals surface area contributed by atoms with Gasteiger partial charge >= 0.3 is 0 Å². The van der Waals surface area contributed by atoms with Gasteiger partial charge in [-0.2, -0.15) is 0 Å². The van der Waals surface area contributed by atoms with E-state index in [0.717, 1.165) is 57.7 Å². The van der Waals surface area contributed by atoms with E-state index in [1.807, 2.05) is 10.3 Å². The molecule has 2 N–H and O–H groups in total. The van der Waals surface area contributed by atoms with Gasteiger partial charge in [-0.15, -0.1) is 11.3 Å². The second kappa shape index (κ2) is 5.69. The van der Waals surface area contributed by atoms with Gasteiger partial charge < -0.3 is 15.4 Å². The number of ether oxygens (including phenoxy) is 1. The molecule has 2 fully saturated rings. The number of carbonyl (C=O) groups excluding carboxylic acids is 1. The van der Waals surface area contributed by atoms with Crippen molar-refractivity contribution < 1.29 is 9.53 Å². The van der Waals surface area contributed by atoms with Crippen molar-refractivity contribution in [3.05, 3.63) is 11.1 Å². The number of hydrogen-bond donors (Lipinski definition) is 1. The first-order valence-electron chi connectivity index (χ1n) is 7.22. The molecule has 2 aliphatic heterocycles. The van der Waals surface area contributed by atoms with Crippen molar-refractivity contribution in [1.82, 2.24) is 9.88 Å². The molecule has 6 heteroatoms. The third-order valence-electron chi connectivity index (χ3n) is 4.36. The van der Waals surface area contributed by atoms with Gasteiger partial charge in [0.05, 0.1) is 12.3 Å². The molecule has 0 aromatic carbocycles. The second-order valence-corrected chi connectivity index (χ2v) is 6.79. The quantitative estimate of drug-likeness (QED) is 0.917. The molecule has 5 nitrogen and oxygen atoms in total. The largest absolute Gasteiger partial charge is 0.381 e. The Morgan fingerprint density at radius 1 is 1.50 bits per heavy atom. The van der Waals surface area contributed by atoms with Crippen LogP contribution in [0.5, 0.6) is 0 Å². The molecule has 1 aromatic heterocycles. The maximum absolute atomic E-state index is 12.0. The number of aromatic nitrogens is 1. The fraction of sp³-hybridized carbons (Fsp3) is 0.714. The van der Waals surface area contributed by atoms with E-state index in [4.69, 9.17) is 10.5 Å². The third kappa shape index (κ3) is 2.96. The zero-order chi connectivity index (χ0) is 14.0. The fourth-order valence-electron chi connectivity index (χ4n) is 3.17. The lowest BCUT2D eigenvalue weighted by Gasteiger charge is -2.39. The Labute approximate surface area is 123 Å². The molecule has 0 bridgehead atoms. The molecular formula is C14H21N3O2S. The number of aryl methyl sites for hydroxylation is 1.